The van der Waals surface area contributed by atoms with Crippen LogP contribution in [0.15, 0.2) is 21.9 Å². The van der Waals surface area contributed by atoms with Gasteiger partial charge in [-0.1, -0.05) is 11.6 Å². The Labute approximate surface area is 105 Å². The van der Waals surface area contributed by atoms with Crippen LogP contribution in [-0.2, 0) is 6.54 Å². The molecule has 8 heteroatoms. The predicted molar refractivity (Wildman–Crippen MR) is 62.2 cm³/mol. The molecule has 0 atom stereocenters. The van der Waals surface area contributed by atoms with E-state index in [0.29, 0.717) is 16.1 Å². The molecule has 0 aliphatic rings. The fraction of sp³-hybridized carbons (Fsp3) is 0.200. The molecule has 6 nitrogen and oxygen atoms in total. The van der Waals surface area contributed by atoms with E-state index in [9.17, 15) is 14.0 Å². The number of nitrogens with one attached hydrogen (secondary N) is 1. The van der Waals surface area contributed by atoms with Gasteiger partial charge in [-0.15, -0.1) is 0 Å². The third kappa shape index (κ3) is 2.30. The molecule has 0 saturated heterocycles. The molecule has 1 N–H and O–H groups in total. The van der Waals surface area contributed by atoms with Crippen molar-refractivity contribution in [2.45, 2.75) is 13.5 Å². The fourth-order valence-electron chi connectivity index (χ4n) is 1.42. The normalized spacial score (nSPS) is 10.6. The molecule has 94 valence electrons. The van der Waals surface area contributed by atoms with Gasteiger partial charge in [-0.25, -0.2) is 14.8 Å². The van der Waals surface area contributed by atoms with Crippen molar-refractivity contribution in [3.05, 3.63) is 55.6 Å². The number of aromatic amines is 1. The summed E-state index contributed by atoms with van der Waals surface area (Å²) < 4.78 is 14.0. The quantitative estimate of drug-likeness (QED) is 0.805. The van der Waals surface area contributed by atoms with E-state index in [4.69, 9.17) is 11.6 Å². The highest BCUT2D eigenvalue weighted by Crippen LogP contribution is 2.03. The molecule has 2 aromatic rings. The SMILES string of the molecule is Cc1nccc(Cn2c(=O)[nH]c(Cl)c(F)c2=O)n1. The molecule has 2 rings (SSSR count). The summed E-state index contributed by atoms with van der Waals surface area (Å²) in [5, 5.41) is -0.597. The molecule has 0 amide bonds. The summed E-state index contributed by atoms with van der Waals surface area (Å²) in [6.45, 7) is 1.52. The highest BCUT2D eigenvalue weighted by Gasteiger charge is 2.12. The summed E-state index contributed by atoms with van der Waals surface area (Å²) in [6.07, 6.45) is 1.49. The lowest BCUT2D eigenvalue weighted by Crippen LogP contribution is -2.37. The third-order valence-electron chi connectivity index (χ3n) is 2.24. The van der Waals surface area contributed by atoms with Gasteiger partial charge < -0.3 is 0 Å². The number of rotatable bonds is 2. The summed E-state index contributed by atoms with van der Waals surface area (Å²) in [5.41, 5.74) is -1.44. The monoisotopic (exact) mass is 270 g/mol. The lowest BCUT2D eigenvalue weighted by Gasteiger charge is -2.05. The summed E-state index contributed by atoms with van der Waals surface area (Å²) in [5.74, 6) is -0.701. The van der Waals surface area contributed by atoms with E-state index >= 15 is 0 Å². The molecule has 0 aromatic carbocycles. The van der Waals surface area contributed by atoms with Gasteiger partial charge in [-0.05, 0) is 13.0 Å². The van der Waals surface area contributed by atoms with Crippen LogP contribution in [0, 0.1) is 12.7 Å². The minimum atomic E-state index is -1.19. The summed E-state index contributed by atoms with van der Waals surface area (Å²) in [6, 6.07) is 1.53. The summed E-state index contributed by atoms with van der Waals surface area (Å²) >= 11 is 5.35. The molecule has 0 spiro atoms. The lowest BCUT2D eigenvalue weighted by atomic mass is 10.4. The molecular formula is C10H8ClFN4O2. The molecule has 0 aliphatic carbocycles. The van der Waals surface area contributed by atoms with Crippen LogP contribution in [0.4, 0.5) is 4.39 Å². The Morgan fingerprint density at radius 1 is 1.50 bits per heavy atom. The van der Waals surface area contributed by atoms with Crippen LogP contribution in [0.1, 0.15) is 11.5 Å². The number of H-pyrrole nitrogens is 1. The Balaban J connectivity index is 2.51. The van der Waals surface area contributed by atoms with Crippen LogP contribution >= 0.6 is 11.6 Å². The van der Waals surface area contributed by atoms with Crippen molar-refractivity contribution in [1.82, 2.24) is 19.5 Å². The van der Waals surface area contributed by atoms with E-state index < -0.39 is 22.2 Å². The fourth-order valence-corrected chi connectivity index (χ4v) is 1.58. The zero-order chi connectivity index (χ0) is 13.3. The lowest BCUT2D eigenvalue weighted by molar-refractivity contribution is 0.555. The molecule has 0 radical (unpaired) electrons. The Morgan fingerprint density at radius 3 is 2.89 bits per heavy atom. The Kier molecular flexibility index (Phi) is 3.24. The first-order valence-corrected chi connectivity index (χ1v) is 5.33. The van der Waals surface area contributed by atoms with Crippen molar-refractivity contribution in [1.29, 1.82) is 0 Å². The van der Waals surface area contributed by atoms with Gasteiger partial charge in [0.25, 0.3) is 5.56 Å². The van der Waals surface area contributed by atoms with Crippen LogP contribution in [-0.4, -0.2) is 19.5 Å². The molecule has 2 heterocycles. The second kappa shape index (κ2) is 4.69. The van der Waals surface area contributed by atoms with Gasteiger partial charge in [0.1, 0.15) is 5.82 Å². The molecule has 2 aromatic heterocycles. The number of aryl methyl sites for hydroxylation is 1. The first-order valence-electron chi connectivity index (χ1n) is 4.95. The van der Waals surface area contributed by atoms with Gasteiger partial charge in [0.2, 0.25) is 5.82 Å². The Hall–Kier alpha value is -2.02. The van der Waals surface area contributed by atoms with Crippen LogP contribution in [0.5, 0.6) is 0 Å². The van der Waals surface area contributed by atoms with E-state index in [2.05, 4.69) is 9.97 Å². The van der Waals surface area contributed by atoms with Crippen LogP contribution < -0.4 is 11.2 Å². The van der Waals surface area contributed by atoms with Crippen molar-refractivity contribution >= 4 is 11.6 Å². The number of aromatic nitrogens is 4. The van der Waals surface area contributed by atoms with E-state index in [1.807, 2.05) is 4.98 Å². The smallest absolute Gasteiger partial charge is 0.295 e. The second-order valence-electron chi connectivity index (χ2n) is 3.54. The van der Waals surface area contributed by atoms with Gasteiger partial charge in [0.05, 0.1) is 12.2 Å². The van der Waals surface area contributed by atoms with E-state index in [-0.39, 0.29) is 6.54 Å². The van der Waals surface area contributed by atoms with Crippen molar-refractivity contribution in [2.24, 2.45) is 0 Å². The van der Waals surface area contributed by atoms with Gasteiger partial charge in [-0.3, -0.25) is 14.3 Å². The molecular weight excluding hydrogens is 263 g/mol. The first kappa shape index (κ1) is 12.4. The average molecular weight is 271 g/mol. The Morgan fingerprint density at radius 2 is 2.22 bits per heavy atom. The van der Waals surface area contributed by atoms with Crippen molar-refractivity contribution in [3.63, 3.8) is 0 Å². The maximum Gasteiger partial charge on any atom is 0.330 e. The number of hydrogen-bond acceptors (Lipinski definition) is 4. The van der Waals surface area contributed by atoms with Gasteiger partial charge in [0, 0.05) is 6.20 Å². The topological polar surface area (TPSA) is 80.6 Å². The highest BCUT2D eigenvalue weighted by atomic mass is 35.5. The highest BCUT2D eigenvalue weighted by molar-refractivity contribution is 6.29. The van der Waals surface area contributed by atoms with Crippen molar-refractivity contribution in [3.8, 4) is 0 Å². The largest absolute Gasteiger partial charge is 0.330 e. The molecule has 18 heavy (non-hydrogen) atoms. The van der Waals surface area contributed by atoms with E-state index in [1.54, 1.807) is 6.92 Å². The maximum absolute atomic E-state index is 13.3. The van der Waals surface area contributed by atoms with Crippen molar-refractivity contribution < 1.29 is 4.39 Å². The first-order chi connectivity index (χ1) is 8.49. The third-order valence-corrected chi connectivity index (χ3v) is 2.50. The maximum atomic E-state index is 13.3. The molecule has 0 aliphatic heterocycles. The molecule has 0 saturated carbocycles. The average Bonchev–Trinajstić information content (AvgIpc) is 2.32. The second-order valence-corrected chi connectivity index (χ2v) is 3.92. The summed E-state index contributed by atoms with van der Waals surface area (Å²) in [7, 11) is 0. The zero-order valence-corrected chi connectivity index (χ0v) is 10.0. The van der Waals surface area contributed by atoms with Gasteiger partial charge >= 0.3 is 5.69 Å². The minimum absolute atomic E-state index is 0.147. The number of nitrogens with zero attached hydrogens (tertiary/aromatic N) is 3. The summed E-state index contributed by atoms with van der Waals surface area (Å²) in [4.78, 5) is 33.0. The van der Waals surface area contributed by atoms with Crippen molar-refractivity contribution in [2.75, 3.05) is 0 Å². The molecule has 0 unspecified atom stereocenters. The zero-order valence-electron chi connectivity index (χ0n) is 9.28. The predicted octanol–water partition coefficient (Wildman–Crippen LogP) is 0.476. The van der Waals surface area contributed by atoms with E-state index in [1.165, 1.54) is 12.3 Å². The number of hydrogen-bond donors (Lipinski definition) is 1. The van der Waals surface area contributed by atoms with Gasteiger partial charge in [-0.2, -0.15) is 4.39 Å². The minimum Gasteiger partial charge on any atom is -0.295 e. The van der Waals surface area contributed by atoms with Crippen LogP contribution in [0.2, 0.25) is 5.15 Å². The number of halogens is 2. The van der Waals surface area contributed by atoms with Gasteiger partial charge in [0.15, 0.2) is 5.15 Å². The standard InChI is InChI=1S/C10H8ClFN4O2/c1-5-13-3-2-6(14-5)4-16-9(17)7(12)8(11)15-10(16)18/h2-3H,4H2,1H3,(H,15,18). The van der Waals surface area contributed by atoms with Crippen LogP contribution in [0.3, 0.4) is 0 Å². The molecule has 0 bridgehead atoms. The van der Waals surface area contributed by atoms with E-state index in [0.717, 1.165) is 0 Å². The molecule has 0 fully saturated rings. The van der Waals surface area contributed by atoms with Crippen LogP contribution in [0.25, 0.3) is 0 Å². The Bertz CT molecular complexity index is 710.